The van der Waals surface area contributed by atoms with E-state index in [0.29, 0.717) is 11.6 Å². The van der Waals surface area contributed by atoms with Gasteiger partial charge in [-0.3, -0.25) is 4.68 Å². The van der Waals surface area contributed by atoms with Crippen molar-refractivity contribution >= 4 is 16.0 Å². The van der Waals surface area contributed by atoms with Crippen molar-refractivity contribution in [2.45, 2.75) is 49.3 Å². The van der Waals surface area contributed by atoms with E-state index in [9.17, 15) is 8.42 Å². The van der Waals surface area contributed by atoms with Gasteiger partial charge in [0.15, 0.2) is 0 Å². The smallest absolute Gasteiger partial charge is 0.267 e. The summed E-state index contributed by atoms with van der Waals surface area (Å²) < 4.78 is 35.4. The number of para-hydroxylation sites is 1. The fourth-order valence-electron chi connectivity index (χ4n) is 3.75. The largest absolute Gasteiger partial charge is 0.439 e. The molecule has 9 heteroatoms. The molecule has 0 bridgehead atoms. The molecule has 1 fully saturated rings. The second-order valence-electron chi connectivity index (χ2n) is 7.91. The van der Waals surface area contributed by atoms with Gasteiger partial charge in [0.1, 0.15) is 10.6 Å². The Labute approximate surface area is 176 Å². The lowest BCUT2D eigenvalue weighted by Crippen LogP contribution is -2.27. The van der Waals surface area contributed by atoms with E-state index in [-0.39, 0.29) is 16.3 Å². The van der Waals surface area contributed by atoms with Crippen LogP contribution in [-0.4, -0.2) is 28.2 Å². The average Bonchev–Trinajstić information content (AvgIpc) is 3.16. The third-order valence-corrected chi connectivity index (χ3v) is 6.74. The first-order valence-corrected chi connectivity index (χ1v) is 11.5. The van der Waals surface area contributed by atoms with Crippen molar-refractivity contribution in [1.29, 1.82) is 0 Å². The van der Waals surface area contributed by atoms with Gasteiger partial charge in [0.2, 0.25) is 11.8 Å². The van der Waals surface area contributed by atoms with Crippen LogP contribution < -0.4 is 9.46 Å². The minimum absolute atomic E-state index is 0.00548. The standard InChI is InChI=1S/C21H25N5O3S/c1-21(11-7-4-8-12-21)18-13-19(29-16-9-5-3-6-10-16)24-20(23-18)25-30(27,28)17-14-22-26(2)15-17/h3,5-6,9-10,13-15H,4,7-8,11-12H2,1-2H3,(H,23,24,25). The normalized spacial score (nSPS) is 16.2. The van der Waals surface area contributed by atoms with Crippen LogP contribution in [0.4, 0.5) is 5.95 Å². The zero-order valence-corrected chi connectivity index (χ0v) is 17.9. The van der Waals surface area contributed by atoms with E-state index in [1.165, 1.54) is 23.5 Å². The molecule has 30 heavy (non-hydrogen) atoms. The number of benzene rings is 1. The zero-order chi connectivity index (χ0) is 21.2. The zero-order valence-electron chi connectivity index (χ0n) is 17.1. The predicted molar refractivity (Wildman–Crippen MR) is 113 cm³/mol. The van der Waals surface area contributed by atoms with Gasteiger partial charge < -0.3 is 4.74 Å². The van der Waals surface area contributed by atoms with Gasteiger partial charge in [-0.2, -0.15) is 10.1 Å². The van der Waals surface area contributed by atoms with Gasteiger partial charge in [0, 0.05) is 24.7 Å². The Hall–Kier alpha value is -2.94. The third-order valence-electron chi connectivity index (χ3n) is 5.46. The van der Waals surface area contributed by atoms with Crippen LogP contribution in [0.25, 0.3) is 0 Å². The number of nitrogens with zero attached hydrogens (tertiary/aromatic N) is 4. The van der Waals surface area contributed by atoms with E-state index in [4.69, 9.17) is 4.74 Å². The minimum atomic E-state index is -3.86. The Morgan fingerprint density at radius 2 is 1.83 bits per heavy atom. The highest BCUT2D eigenvalue weighted by Crippen LogP contribution is 2.39. The van der Waals surface area contributed by atoms with Gasteiger partial charge in [-0.1, -0.05) is 44.4 Å². The highest BCUT2D eigenvalue weighted by atomic mass is 32.2. The molecule has 0 saturated heterocycles. The molecule has 0 spiro atoms. The molecule has 158 valence electrons. The second kappa shape index (κ2) is 8.06. The summed E-state index contributed by atoms with van der Waals surface area (Å²) in [7, 11) is -2.20. The van der Waals surface area contributed by atoms with Crippen LogP contribution in [0.3, 0.4) is 0 Å². The van der Waals surface area contributed by atoms with Crippen LogP contribution in [-0.2, 0) is 22.5 Å². The molecule has 1 saturated carbocycles. The SMILES string of the molecule is Cn1cc(S(=O)(=O)Nc2nc(Oc3ccccc3)cc(C3(C)CCCCC3)n2)cn1. The lowest BCUT2D eigenvalue weighted by atomic mass is 9.73. The van der Waals surface area contributed by atoms with Crippen molar-refractivity contribution < 1.29 is 13.2 Å². The summed E-state index contributed by atoms with van der Waals surface area (Å²) in [5.41, 5.74) is 0.636. The fourth-order valence-corrected chi connectivity index (χ4v) is 4.67. The van der Waals surface area contributed by atoms with E-state index in [0.717, 1.165) is 31.4 Å². The molecule has 0 unspecified atom stereocenters. The van der Waals surface area contributed by atoms with Crippen LogP contribution in [0.5, 0.6) is 11.6 Å². The predicted octanol–water partition coefficient (Wildman–Crippen LogP) is 4.03. The number of sulfonamides is 1. The first kappa shape index (κ1) is 20.3. The van der Waals surface area contributed by atoms with Gasteiger partial charge in [-0.25, -0.2) is 18.1 Å². The molecule has 1 N–H and O–H groups in total. The molecule has 4 rings (SSSR count). The topological polar surface area (TPSA) is 99.0 Å². The molecule has 3 aromatic rings. The van der Waals surface area contributed by atoms with Crippen LogP contribution in [0.1, 0.15) is 44.7 Å². The maximum absolute atomic E-state index is 12.8. The van der Waals surface area contributed by atoms with E-state index in [2.05, 4.69) is 26.7 Å². The van der Waals surface area contributed by atoms with Gasteiger partial charge in [0.05, 0.1) is 11.9 Å². The molecule has 0 atom stereocenters. The Bertz CT molecular complexity index is 1120. The summed E-state index contributed by atoms with van der Waals surface area (Å²) in [5.74, 6) is 0.924. The number of aryl methyl sites for hydroxylation is 1. The van der Waals surface area contributed by atoms with Crippen molar-refractivity contribution in [1.82, 2.24) is 19.7 Å². The number of hydrogen-bond donors (Lipinski definition) is 1. The molecular weight excluding hydrogens is 402 g/mol. The summed E-state index contributed by atoms with van der Waals surface area (Å²) in [4.78, 5) is 8.95. The molecule has 0 aliphatic heterocycles. The summed E-state index contributed by atoms with van der Waals surface area (Å²) >= 11 is 0. The van der Waals surface area contributed by atoms with Crippen molar-refractivity contribution in [2.24, 2.45) is 7.05 Å². The highest BCUT2D eigenvalue weighted by Gasteiger charge is 2.32. The molecule has 1 aliphatic carbocycles. The van der Waals surface area contributed by atoms with Gasteiger partial charge >= 0.3 is 0 Å². The molecular formula is C21H25N5O3S. The van der Waals surface area contributed by atoms with Gasteiger partial charge in [-0.15, -0.1) is 0 Å². The number of anilines is 1. The Morgan fingerprint density at radius 3 is 2.50 bits per heavy atom. The Balaban J connectivity index is 1.71. The minimum Gasteiger partial charge on any atom is -0.439 e. The number of hydrogen-bond acceptors (Lipinski definition) is 6. The van der Waals surface area contributed by atoms with E-state index < -0.39 is 10.0 Å². The molecule has 0 amide bonds. The summed E-state index contributed by atoms with van der Waals surface area (Å²) in [5, 5.41) is 3.93. The molecule has 1 aromatic carbocycles. The summed E-state index contributed by atoms with van der Waals surface area (Å²) in [6.45, 7) is 2.17. The van der Waals surface area contributed by atoms with Gasteiger partial charge in [0.25, 0.3) is 10.0 Å². The highest BCUT2D eigenvalue weighted by molar-refractivity contribution is 7.92. The van der Waals surface area contributed by atoms with Crippen LogP contribution in [0.2, 0.25) is 0 Å². The Kier molecular flexibility index (Phi) is 5.46. The number of nitrogens with one attached hydrogen (secondary N) is 1. The van der Waals surface area contributed by atoms with Crippen LogP contribution in [0, 0.1) is 0 Å². The summed E-state index contributed by atoms with van der Waals surface area (Å²) in [6, 6.07) is 11.1. The van der Waals surface area contributed by atoms with Crippen molar-refractivity contribution in [2.75, 3.05) is 4.72 Å². The quantitative estimate of drug-likeness (QED) is 0.638. The lowest BCUT2D eigenvalue weighted by molar-refractivity contribution is 0.310. The van der Waals surface area contributed by atoms with Crippen LogP contribution >= 0.6 is 0 Å². The molecule has 0 radical (unpaired) electrons. The first-order valence-electron chi connectivity index (χ1n) is 9.98. The monoisotopic (exact) mass is 427 g/mol. The molecule has 2 aromatic heterocycles. The average molecular weight is 428 g/mol. The fraction of sp³-hybridized carbons (Fsp3) is 0.381. The maximum atomic E-state index is 12.8. The van der Waals surface area contributed by atoms with Crippen molar-refractivity contribution in [3.05, 3.63) is 54.5 Å². The van der Waals surface area contributed by atoms with E-state index in [1.807, 2.05) is 36.4 Å². The number of aromatic nitrogens is 4. The summed E-state index contributed by atoms with van der Waals surface area (Å²) in [6.07, 6.45) is 8.13. The molecule has 1 aliphatic rings. The molecule has 2 heterocycles. The third kappa shape index (κ3) is 4.46. The van der Waals surface area contributed by atoms with Crippen molar-refractivity contribution in [3.63, 3.8) is 0 Å². The Morgan fingerprint density at radius 1 is 1.10 bits per heavy atom. The number of ether oxygens (including phenoxy) is 1. The maximum Gasteiger partial charge on any atom is 0.267 e. The van der Waals surface area contributed by atoms with Crippen molar-refractivity contribution in [3.8, 4) is 11.6 Å². The van der Waals surface area contributed by atoms with E-state index >= 15 is 0 Å². The lowest BCUT2D eigenvalue weighted by Gasteiger charge is -2.33. The molecule has 8 nitrogen and oxygen atoms in total. The van der Waals surface area contributed by atoms with E-state index in [1.54, 1.807) is 7.05 Å². The number of rotatable bonds is 6. The van der Waals surface area contributed by atoms with Gasteiger partial charge in [-0.05, 0) is 25.0 Å². The first-order chi connectivity index (χ1) is 14.3. The second-order valence-corrected chi connectivity index (χ2v) is 9.59. The van der Waals surface area contributed by atoms with Crippen LogP contribution in [0.15, 0.2) is 53.7 Å².